The average Bonchev–Trinajstić information content (AvgIpc) is 4.16. The van der Waals surface area contributed by atoms with Crippen molar-refractivity contribution in [1.29, 1.82) is 0 Å². The Morgan fingerprint density at radius 1 is 0.792 bits per heavy atom. The molecule has 2 bridgehead atoms. The lowest BCUT2D eigenvalue weighted by Gasteiger charge is -2.37. The topological polar surface area (TPSA) is 209 Å². The summed E-state index contributed by atoms with van der Waals surface area (Å²) in [6.45, 7) is 11.3. The van der Waals surface area contributed by atoms with E-state index in [0.717, 1.165) is 115 Å². The summed E-state index contributed by atoms with van der Waals surface area (Å²) in [6.07, 6.45) is 8.16. The number of morpholine rings is 3. The predicted octanol–water partition coefficient (Wildman–Crippen LogP) is 6.11. The molecule has 2 aromatic carbocycles. The van der Waals surface area contributed by atoms with Crippen molar-refractivity contribution in [2.24, 2.45) is 0 Å². The van der Waals surface area contributed by atoms with Gasteiger partial charge in [-0.1, -0.05) is 0 Å². The molecule has 6 fully saturated rings. The summed E-state index contributed by atoms with van der Waals surface area (Å²) in [7, 11) is 3.19. The molecule has 20 heteroatoms. The van der Waals surface area contributed by atoms with Crippen molar-refractivity contribution in [1.82, 2.24) is 40.0 Å². The molecule has 6 aromatic rings. The third-order valence-corrected chi connectivity index (χ3v) is 14.8. The van der Waals surface area contributed by atoms with Gasteiger partial charge in [0, 0.05) is 68.4 Å². The van der Waals surface area contributed by atoms with E-state index in [2.05, 4.69) is 43.9 Å². The van der Waals surface area contributed by atoms with E-state index in [0.29, 0.717) is 68.5 Å². The van der Waals surface area contributed by atoms with Gasteiger partial charge in [0.1, 0.15) is 17.4 Å². The summed E-state index contributed by atoms with van der Waals surface area (Å²) in [6, 6.07) is 17.7. The molecule has 1 aliphatic carbocycles. The maximum absolute atomic E-state index is 11.7. The Balaban J connectivity index is 0.000000157. The molecule has 3 N–H and O–H groups in total. The number of carbonyl (C=O) groups is 1. The number of hydrogen-bond acceptors (Lipinski definition) is 17. The molecule has 20 nitrogen and oxygen atoms in total. The van der Waals surface area contributed by atoms with Gasteiger partial charge in [0.05, 0.1) is 106 Å². The van der Waals surface area contributed by atoms with Gasteiger partial charge in [0.25, 0.3) is 0 Å². The van der Waals surface area contributed by atoms with Gasteiger partial charge in [-0.25, -0.2) is 24.4 Å². The fourth-order valence-electron chi connectivity index (χ4n) is 10.9. The number of fused-ring (bicyclic) bond motifs is 4. The molecule has 6 aliphatic rings. The van der Waals surface area contributed by atoms with Gasteiger partial charge in [0.15, 0.2) is 22.9 Å². The maximum Gasteiger partial charge on any atom is 0.318 e. The monoisotopic (exact) mass is 984 g/mol. The Labute approximate surface area is 418 Å². The zero-order valence-electron chi connectivity index (χ0n) is 41.5. The van der Waals surface area contributed by atoms with E-state index in [1.54, 1.807) is 14.2 Å². The molecule has 9 heterocycles. The van der Waals surface area contributed by atoms with E-state index < -0.39 is 5.79 Å². The number of carbonyl (C=O) groups excluding carboxylic acids is 1. The van der Waals surface area contributed by atoms with E-state index >= 15 is 0 Å². The lowest BCUT2D eigenvalue weighted by molar-refractivity contribution is -0.181. The number of anilines is 4. The van der Waals surface area contributed by atoms with Crippen LogP contribution in [0.1, 0.15) is 64.0 Å². The van der Waals surface area contributed by atoms with Crippen LogP contribution in [0.25, 0.3) is 44.7 Å². The first-order chi connectivity index (χ1) is 35.2. The van der Waals surface area contributed by atoms with E-state index in [1.165, 1.54) is 0 Å². The second kappa shape index (κ2) is 20.7. The van der Waals surface area contributed by atoms with Crippen LogP contribution in [0.4, 0.5) is 28.1 Å². The first-order valence-corrected chi connectivity index (χ1v) is 25.4. The van der Waals surface area contributed by atoms with E-state index in [9.17, 15) is 9.90 Å². The predicted molar refractivity (Wildman–Crippen MR) is 272 cm³/mol. The Kier molecular flexibility index (Phi) is 13.8. The van der Waals surface area contributed by atoms with Gasteiger partial charge < -0.3 is 58.9 Å². The van der Waals surface area contributed by atoms with E-state index in [-0.39, 0.29) is 43.0 Å². The molecular weight excluding hydrogens is 921 g/mol. The second-order valence-corrected chi connectivity index (χ2v) is 19.5. The maximum atomic E-state index is 11.7. The summed E-state index contributed by atoms with van der Waals surface area (Å²) < 4.78 is 36.7. The number of amides is 2. The Morgan fingerprint density at radius 2 is 1.50 bits per heavy atom. The molecule has 1 spiro atoms. The van der Waals surface area contributed by atoms with E-state index in [4.69, 9.17) is 58.4 Å². The van der Waals surface area contributed by atoms with E-state index in [1.807, 2.05) is 60.8 Å². The minimum Gasteiger partial charge on any atom is -0.496 e. The molecule has 5 aliphatic heterocycles. The van der Waals surface area contributed by atoms with Crippen molar-refractivity contribution in [2.45, 2.75) is 95.1 Å². The number of methoxy groups -OCH3 is 1. The van der Waals surface area contributed by atoms with Crippen molar-refractivity contribution in [3.05, 3.63) is 66.4 Å². The molecule has 380 valence electrons. The quantitative estimate of drug-likeness (QED) is 0.149. The number of nitrogens with one attached hydrogen (secondary N) is 2. The van der Waals surface area contributed by atoms with Crippen molar-refractivity contribution in [2.75, 3.05) is 100.0 Å². The molecule has 5 saturated heterocycles. The molecule has 1 saturated carbocycles. The summed E-state index contributed by atoms with van der Waals surface area (Å²) in [5.41, 5.74) is 5.49. The van der Waals surface area contributed by atoms with Gasteiger partial charge in [-0.3, -0.25) is 0 Å². The zero-order valence-corrected chi connectivity index (χ0v) is 41.5. The third kappa shape index (κ3) is 9.70. The van der Waals surface area contributed by atoms with Crippen LogP contribution in [0.15, 0.2) is 60.8 Å². The number of aliphatic hydroxyl groups excluding tert-OH is 1. The number of nitrogens with zero attached hydrogens (tertiary/aromatic N) is 10. The molecule has 4 atom stereocenters. The lowest BCUT2D eigenvalue weighted by atomic mass is 9.90. The fraction of sp³-hybridized carbons (Fsp3) is 0.519. The number of hydrogen-bond donors (Lipinski definition) is 3. The average molecular weight is 985 g/mol. The fourth-order valence-corrected chi connectivity index (χ4v) is 10.9. The zero-order chi connectivity index (χ0) is 49.3. The highest BCUT2D eigenvalue weighted by molar-refractivity contribution is 5.91. The minimum absolute atomic E-state index is 0.106. The molecule has 72 heavy (non-hydrogen) atoms. The van der Waals surface area contributed by atoms with Crippen LogP contribution in [0.3, 0.4) is 0 Å². The number of ether oxygens (including phenoxy) is 6. The number of rotatable bonds is 9. The summed E-state index contributed by atoms with van der Waals surface area (Å²) in [5.74, 6) is 3.36. The Morgan fingerprint density at radius 3 is 2.18 bits per heavy atom. The summed E-state index contributed by atoms with van der Waals surface area (Å²) in [5, 5.41) is 21.9. The molecule has 12 rings (SSSR count). The largest absolute Gasteiger partial charge is 0.496 e. The second-order valence-electron chi connectivity index (χ2n) is 19.5. The molecule has 0 unspecified atom stereocenters. The number of pyridine rings is 1. The van der Waals surface area contributed by atoms with Crippen LogP contribution in [-0.4, -0.2) is 156 Å². The number of aromatic nitrogens is 7. The smallest absolute Gasteiger partial charge is 0.318 e. The standard InChI is InChI=1S/C27H33N7O4.C25H31N5O4/c1-28-26(35)30-18-4-2-17(3-5-18)23-31-24(33-15-20-6-7-21(16-33)38-20)22-14-29-34(25(22)32-23)19-8-10-27(11-9-19)36-12-13-37-27;1-16-14-33-10-8-29(16)24-20-5-6-21(18-4-7-22(32-3)19(12-18)13-31)26-23(20)27-25(28-24)30-9-11-34-15-17(30)2/h2-5,14,19-21H,6-13,15-16H2,1H3,(H2,28,30,35);4-7,12,16-17,31H,8-11,13-15H2,1-3H3/t20-,21+;16-,17-/m.0/s1. The molecule has 4 aromatic heterocycles. The third-order valence-electron chi connectivity index (χ3n) is 14.8. The van der Waals surface area contributed by atoms with Gasteiger partial charge >= 0.3 is 6.03 Å². The van der Waals surface area contributed by atoms with Gasteiger partial charge in [-0.2, -0.15) is 15.1 Å². The van der Waals surface area contributed by atoms with Crippen molar-refractivity contribution < 1.29 is 38.3 Å². The van der Waals surface area contributed by atoms with Crippen molar-refractivity contribution in [3.8, 4) is 28.4 Å². The van der Waals surface area contributed by atoms with Gasteiger partial charge in [-0.05, 0) is 94.1 Å². The molecule has 0 radical (unpaired) electrons. The summed E-state index contributed by atoms with van der Waals surface area (Å²) in [4.78, 5) is 43.6. The SMILES string of the molecule is CNC(=O)Nc1ccc(-c2nc(N3C[C@H]4CC[C@@H](C3)O4)c3cnn(C4CCC5(CC4)OCCO5)c3n2)cc1.COc1ccc(-c2ccc3c(N4CCOC[C@@H]4C)nc(N4CCOC[C@@H]4C)nc3n2)cc1CO. The summed E-state index contributed by atoms with van der Waals surface area (Å²) >= 11 is 0. The molecule has 2 amide bonds. The van der Waals surface area contributed by atoms with Crippen molar-refractivity contribution in [3.63, 3.8) is 0 Å². The normalized spacial score (nSPS) is 23.1. The van der Waals surface area contributed by atoms with Crippen molar-refractivity contribution >= 4 is 51.4 Å². The Hall–Kier alpha value is -6.29. The Bertz CT molecular complexity index is 2880. The number of urea groups is 1. The first-order valence-electron chi connectivity index (χ1n) is 25.4. The van der Waals surface area contributed by atoms with Gasteiger partial charge in [0.2, 0.25) is 5.95 Å². The first kappa shape index (κ1) is 48.0. The lowest BCUT2D eigenvalue weighted by Crippen LogP contribution is -2.46. The number of aliphatic hydroxyl groups is 1. The highest BCUT2D eigenvalue weighted by atomic mass is 16.7. The number of benzene rings is 2. The highest BCUT2D eigenvalue weighted by Gasteiger charge is 2.42. The van der Waals surface area contributed by atoms with Crippen LogP contribution >= 0.6 is 0 Å². The van der Waals surface area contributed by atoms with Gasteiger partial charge in [-0.15, -0.1) is 0 Å². The van der Waals surface area contributed by atoms with Crippen LogP contribution < -0.4 is 30.1 Å². The highest BCUT2D eigenvalue weighted by Crippen LogP contribution is 2.42. The van der Waals surface area contributed by atoms with Crippen LogP contribution in [0, 0.1) is 0 Å². The molecular formula is C52H64N12O8. The van der Waals surface area contributed by atoms with Crippen LogP contribution in [-0.2, 0) is 30.3 Å². The minimum atomic E-state index is -0.414. The van der Waals surface area contributed by atoms with Crippen LogP contribution in [0.2, 0.25) is 0 Å². The van der Waals surface area contributed by atoms with Crippen LogP contribution in [0.5, 0.6) is 5.75 Å².